The quantitative estimate of drug-likeness (QED) is 0.590. The number of benzene rings is 2. The standard InChI is InChI=1S/C22H21BrN4O2/c1-3-24-21(29)27-11-10-15-14-6-4-5-7-17(14)25-19(15)22(27)16-12-13(23)8-9-18(16)26(2)20(22)28/h4-9,12,25H,3,10-11H2,1-2H3,(H,24,29)/t22-/m1/s1. The van der Waals surface area contributed by atoms with Crippen LogP contribution in [0.15, 0.2) is 46.9 Å². The average Bonchev–Trinajstić information content (AvgIpc) is 3.19. The van der Waals surface area contributed by atoms with Crippen LogP contribution in [-0.4, -0.2) is 42.0 Å². The minimum atomic E-state index is -1.21. The number of amides is 3. The maximum absolute atomic E-state index is 13.9. The molecule has 0 fully saturated rings. The van der Waals surface area contributed by atoms with Gasteiger partial charge in [0.25, 0.3) is 5.91 Å². The molecule has 0 unspecified atom stereocenters. The third-order valence-electron chi connectivity index (χ3n) is 6.06. The van der Waals surface area contributed by atoms with E-state index in [1.54, 1.807) is 16.8 Å². The van der Waals surface area contributed by atoms with Gasteiger partial charge in [-0.25, -0.2) is 4.79 Å². The number of aromatic amines is 1. The first-order chi connectivity index (χ1) is 14.0. The normalized spacial score (nSPS) is 20.3. The number of carbonyl (C=O) groups is 2. The number of likely N-dealkylation sites (N-methyl/N-ethyl adjacent to an activating group) is 1. The summed E-state index contributed by atoms with van der Waals surface area (Å²) in [5.41, 5.74) is 3.31. The molecule has 1 aromatic heterocycles. The van der Waals surface area contributed by atoms with Crippen molar-refractivity contribution in [3.8, 4) is 0 Å². The Kier molecular flexibility index (Phi) is 4.00. The second-order valence-electron chi connectivity index (χ2n) is 7.50. The third-order valence-corrected chi connectivity index (χ3v) is 6.56. The van der Waals surface area contributed by atoms with Gasteiger partial charge in [-0.1, -0.05) is 34.1 Å². The second kappa shape index (κ2) is 6.35. The molecular weight excluding hydrogens is 432 g/mol. The molecule has 2 aliphatic rings. The summed E-state index contributed by atoms with van der Waals surface area (Å²) in [6, 6.07) is 13.7. The van der Waals surface area contributed by atoms with Crippen LogP contribution in [0.25, 0.3) is 10.9 Å². The van der Waals surface area contributed by atoms with Gasteiger partial charge in [-0.2, -0.15) is 0 Å². The minimum Gasteiger partial charge on any atom is -0.355 e. The van der Waals surface area contributed by atoms with Crippen molar-refractivity contribution >= 4 is 44.5 Å². The van der Waals surface area contributed by atoms with E-state index in [1.165, 1.54) is 0 Å². The SMILES string of the molecule is CCNC(=O)N1CCc2c([nH]c3ccccc23)[C@]12C(=O)N(C)c1ccc(Br)cc12. The van der Waals surface area contributed by atoms with Crippen molar-refractivity contribution in [2.45, 2.75) is 18.9 Å². The van der Waals surface area contributed by atoms with Gasteiger partial charge in [-0.15, -0.1) is 0 Å². The number of nitrogens with zero attached hydrogens (tertiary/aromatic N) is 2. The predicted octanol–water partition coefficient (Wildman–Crippen LogP) is 3.74. The molecule has 1 spiro atoms. The Hall–Kier alpha value is -2.80. The number of urea groups is 1. The van der Waals surface area contributed by atoms with E-state index in [0.717, 1.165) is 37.9 Å². The number of hydrogen-bond donors (Lipinski definition) is 2. The lowest BCUT2D eigenvalue weighted by atomic mass is 9.80. The van der Waals surface area contributed by atoms with Crippen molar-refractivity contribution in [1.82, 2.24) is 15.2 Å². The monoisotopic (exact) mass is 452 g/mol. The molecular formula is C22H21BrN4O2. The number of carbonyl (C=O) groups excluding carboxylic acids is 2. The average molecular weight is 453 g/mol. The van der Waals surface area contributed by atoms with E-state index in [4.69, 9.17) is 0 Å². The van der Waals surface area contributed by atoms with Crippen molar-refractivity contribution in [3.05, 3.63) is 63.8 Å². The zero-order chi connectivity index (χ0) is 20.3. The molecule has 3 heterocycles. The van der Waals surface area contributed by atoms with Crippen LogP contribution in [0.2, 0.25) is 0 Å². The largest absolute Gasteiger partial charge is 0.355 e. The van der Waals surface area contributed by atoms with E-state index in [2.05, 4.69) is 32.3 Å². The first kappa shape index (κ1) is 18.2. The Labute approximate surface area is 177 Å². The van der Waals surface area contributed by atoms with Gasteiger partial charge < -0.3 is 20.1 Å². The van der Waals surface area contributed by atoms with Gasteiger partial charge in [-0.05, 0) is 43.2 Å². The Bertz CT molecular complexity index is 1170. The van der Waals surface area contributed by atoms with Crippen LogP contribution in [0.5, 0.6) is 0 Å². The first-order valence-corrected chi connectivity index (χ1v) is 10.5. The number of anilines is 1. The summed E-state index contributed by atoms with van der Waals surface area (Å²) in [5.74, 6) is -0.121. The summed E-state index contributed by atoms with van der Waals surface area (Å²) in [6.45, 7) is 2.85. The van der Waals surface area contributed by atoms with Gasteiger partial charge in [-0.3, -0.25) is 4.79 Å². The summed E-state index contributed by atoms with van der Waals surface area (Å²) in [7, 11) is 1.77. The molecule has 29 heavy (non-hydrogen) atoms. The van der Waals surface area contributed by atoms with Crippen LogP contribution < -0.4 is 10.2 Å². The summed E-state index contributed by atoms with van der Waals surface area (Å²) in [5, 5.41) is 4.01. The molecule has 3 amide bonds. The lowest BCUT2D eigenvalue weighted by Crippen LogP contribution is -2.61. The molecule has 7 heteroatoms. The van der Waals surface area contributed by atoms with Crippen molar-refractivity contribution in [2.24, 2.45) is 0 Å². The van der Waals surface area contributed by atoms with Crippen molar-refractivity contribution < 1.29 is 9.59 Å². The zero-order valence-corrected chi connectivity index (χ0v) is 17.8. The highest BCUT2D eigenvalue weighted by molar-refractivity contribution is 9.10. The van der Waals surface area contributed by atoms with E-state index >= 15 is 0 Å². The highest BCUT2D eigenvalue weighted by atomic mass is 79.9. The Balaban J connectivity index is 1.88. The maximum atomic E-state index is 13.9. The molecule has 0 saturated heterocycles. The van der Waals surface area contributed by atoms with E-state index in [-0.39, 0.29) is 11.9 Å². The van der Waals surface area contributed by atoms with Crippen LogP contribution in [0.3, 0.4) is 0 Å². The fourth-order valence-corrected chi connectivity index (χ4v) is 5.22. The number of hydrogen-bond acceptors (Lipinski definition) is 2. The number of rotatable bonds is 1. The maximum Gasteiger partial charge on any atom is 0.318 e. The lowest BCUT2D eigenvalue weighted by Gasteiger charge is -2.43. The van der Waals surface area contributed by atoms with Crippen molar-refractivity contribution in [3.63, 3.8) is 0 Å². The summed E-state index contributed by atoms with van der Waals surface area (Å²) >= 11 is 3.56. The molecule has 0 saturated carbocycles. The molecule has 0 aliphatic carbocycles. The molecule has 2 aromatic carbocycles. The topological polar surface area (TPSA) is 68.4 Å². The number of fused-ring (bicyclic) bond motifs is 6. The Morgan fingerprint density at radius 2 is 2.07 bits per heavy atom. The smallest absolute Gasteiger partial charge is 0.318 e. The van der Waals surface area contributed by atoms with E-state index in [9.17, 15) is 9.59 Å². The Morgan fingerprint density at radius 3 is 2.86 bits per heavy atom. The van der Waals surface area contributed by atoms with E-state index in [1.807, 2.05) is 43.3 Å². The van der Waals surface area contributed by atoms with Gasteiger partial charge in [0.2, 0.25) is 0 Å². The van der Waals surface area contributed by atoms with Crippen LogP contribution in [0.4, 0.5) is 10.5 Å². The van der Waals surface area contributed by atoms with Crippen molar-refractivity contribution in [2.75, 3.05) is 25.0 Å². The fraction of sp³-hybridized carbons (Fsp3) is 0.273. The van der Waals surface area contributed by atoms with Crippen LogP contribution in [0.1, 0.15) is 23.7 Å². The molecule has 0 bridgehead atoms. The highest BCUT2D eigenvalue weighted by Gasteiger charge is 2.60. The molecule has 1 atom stereocenters. The van der Waals surface area contributed by atoms with Gasteiger partial charge in [0, 0.05) is 46.8 Å². The van der Waals surface area contributed by atoms with E-state index in [0.29, 0.717) is 19.5 Å². The minimum absolute atomic E-state index is 0.121. The lowest BCUT2D eigenvalue weighted by molar-refractivity contribution is -0.126. The number of aromatic nitrogens is 1. The van der Waals surface area contributed by atoms with Gasteiger partial charge >= 0.3 is 6.03 Å². The van der Waals surface area contributed by atoms with Crippen LogP contribution in [-0.2, 0) is 16.8 Å². The van der Waals surface area contributed by atoms with Crippen LogP contribution in [0, 0.1) is 0 Å². The number of nitrogens with one attached hydrogen (secondary N) is 2. The zero-order valence-electron chi connectivity index (χ0n) is 16.3. The van der Waals surface area contributed by atoms with Crippen molar-refractivity contribution in [1.29, 1.82) is 0 Å². The van der Waals surface area contributed by atoms with Crippen LogP contribution >= 0.6 is 15.9 Å². The number of H-pyrrole nitrogens is 1. The fourth-order valence-electron chi connectivity index (χ4n) is 4.86. The highest BCUT2D eigenvalue weighted by Crippen LogP contribution is 2.52. The van der Waals surface area contributed by atoms with Gasteiger partial charge in [0.15, 0.2) is 5.54 Å². The molecule has 0 radical (unpaired) electrons. The van der Waals surface area contributed by atoms with Gasteiger partial charge in [0.05, 0.1) is 5.69 Å². The molecule has 148 valence electrons. The summed E-state index contributed by atoms with van der Waals surface area (Å²) in [6.07, 6.45) is 0.693. The predicted molar refractivity (Wildman–Crippen MR) is 116 cm³/mol. The second-order valence-corrected chi connectivity index (χ2v) is 8.41. The van der Waals surface area contributed by atoms with Gasteiger partial charge in [0.1, 0.15) is 0 Å². The Morgan fingerprint density at radius 1 is 1.28 bits per heavy atom. The molecule has 5 rings (SSSR count). The summed E-state index contributed by atoms with van der Waals surface area (Å²) < 4.78 is 0.873. The molecule has 2 N–H and O–H groups in total. The number of para-hydroxylation sites is 1. The first-order valence-electron chi connectivity index (χ1n) is 9.73. The van der Waals surface area contributed by atoms with E-state index < -0.39 is 5.54 Å². The molecule has 2 aliphatic heterocycles. The molecule has 3 aromatic rings. The summed E-state index contributed by atoms with van der Waals surface area (Å²) in [4.78, 5) is 33.9. The number of halogens is 1. The third kappa shape index (κ3) is 2.28. The molecule has 6 nitrogen and oxygen atoms in total.